The van der Waals surface area contributed by atoms with E-state index in [0.29, 0.717) is 12.8 Å². The molecule has 4 aromatic rings. The quantitative estimate of drug-likeness (QED) is 0.0158. The third-order valence-corrected chi connectivity index (χ3v) is 11.6. The first-order chi connectivity index (χ1) is 26.2. The zero-order chi connectivity index (χ0) is 39.7. The molecule has 0 unspecified atom stereocenters. The van der Waals surface area contributed by atoms with Crippen LogP contribution in [0.3, 0.4) is 0 Å². The molecule has 0 heterocycles. The van der Waals surface area contributed by atoms with Crippen molar-refractivity contribution >= 4 is 33.2 Å². The second kappa shape index (κ2) is 18.7. The van der Waals surface area contributed by atoms with E-state index in [-0.39, 0.29) is 23.8 Å². The van der Waals surface area contributed by atoms with Gasteiger partial charge in [0.2, 0.25) is 0 Å². The molecule has 6 nitrogen and oxygen atoms in total. The van der Waals surface area contributed by atoms with E-state index in [9.17, 15) is 34.8 Å². The highest BCUT2D eigenvalue weighted by Gasteiger charge is 2.49. The van der Waals surface area contributed by atoms with Gasteiger partial charge < -0.3 is 8.37 Å². The first-order valence-electron chi connectivity index (χ1n) is 18.8. The maximum Gasteiger partial charge on any atom is 0.550 e. The number of alkyl halides is 6. The predicted octanol–water partition coefficient (Wildman–Crippen LogP) is 13.9. The van der Waals surface area contributed by atoms with Gasteiger partial charge in [-0.3, -0.25) is 0 Å². The number of halogens is 6. The van der Waals surface area contributed by atoms with Crippen LogP contribution in [0.2, 0.25) is 0 Å². The molecule has 14 heteroatoms. The molecule has 1 aliphatic carbocycles. The molecule has 0 N–H and O–H groups in total. The van der Waals surface area contributed by atoms with Gasteiger partial charge in [0.1, 0.15) is 11.5 Å². The molecule has 0 saturated carbocycles. The van der Waals surface area contributed by atoms with Gasteiger partial charge in [-0.2, -0.15) is 21.6 Å². The number of fused-ring (bicyclic) bond motifs is 5. The fourth-order valence-electron chi connectivity index (χ4n) is 7.66. The maximum absolute atomic E-state index is 13.5. The van der Waals surface area contributed by atoms with Crippen LogP contribution in [0.5, 0.6) is 11.5 Å². The van der Waals surface area contributed by atoms with E-state index in [2.05, 4.69) is 29.1 Å². The first-order valence-corrected chi connectivity index (χ1v) is 20.9. The van der Waals surface area contributed by atoms with Crippen molar-refractivity contribution in [2.45, 2.75) is 121 Å². The van der Waals surface area contributed by atoms with Crippen LogP contribution in [0, 0.1) is 0 Å². The second-order valence-electron chi connectivity index (χ2n) is 14.0. The normalized spacial score (nSPS) is 13.9. The lowest BCUT2D eigenvalue weighted by atomic mass is 9.70. The molecule has 4 aromatic carbocycles. The zero-order valence-corrected chi connectivity index (χ0v) is 32.5. The largest absolute Gasteiger partial charge is 0.550 e. The Morgan fingerprint density at radius 3 is 1.78 bits per heavy atom. The molecule has 0 amide bonds. The van der Waals surface area contributed by atoms with E-state index in [1.807, 2.05) is 24.3 Å². The molecule has 0 saturated heterocycles. The Bertz CT molecular complexity index is 1960. The molecule has 0 aliphatic heterocycles. The van der Waals surface area contributed by atoms with Crippen LogP contribution in [-0.2, 0) is 24.8 Å². The van der Waals surface area contributed by atoms with Crippen molar-refractivity contribution in [2.75, 3.05) is 0 Å². The molecular formula is C41H46F6O6S2. The van der Waals surface area contributed by atoms with Crippen molar-refractivity contribution in [3.8, 4) is 33.8 Å². The van der Waals surface area contributed by atoms with Crippen molar-refractivity contribution in [2.24, 2.45) is 0 Å². The summed E-state index contributed by atoms with van der Waals surface area (Å²) in [5.41, 5.74) is -1.01. The van der Waals surface area contributed by atoms with Gasteiger partial charge in [0.25, 0.3) is 12.3 Å². The van der Waals surface area contributed by atoms with Gasteiger partial charge >= 0.3 is 22.0 Å². The summed E-state index contributed by atoms with van der Waals surface area (Å²) < 4.78 is 116. The van der Waals surface area contributed by atoms with Crippen molar-refractivity contribution in [3.63, 3.8) is 0 Å². The molecule has 0 fully saturated rings. The minimum absolute atomic E-state index is 0.0267. The SMILES string of the molecule is CCCCCCCCC1(CCCCCCCC)c2cc(OS(=O)(=O)C(F)(F)F)ccc2-c2c1cc(-c1ccc(OSOOC(F)(F)F)cc1)c1ccccc21. The number of unbranched alkanes of at least 4 members (excludes halogenated alkanes) is 10. The third-order valence-electron chi connectivity index (χ3n) is 10.2. The smallest absolute Gasteiger partial charge is 0.399 e. The highest BCUT2D eigenvalue weighted by molar-refractivity contribution is 7.90. The van der Waals surface area contributed by atoms with Crippen LogP contribution in [0.1, 0.15) is 115 Å². The second-order valence-corrected chi connectivity index (χ2v) is 16.0. The van der Waals surface area contributed by atoms with Gasteiger partial charge in [0.15, 0.2) is 0 Å². The van der Waals surface area contributed by atoms with Crippen LogP contribution in [0.15, 0.2) is 72.8 Å². The highest BCUT2D eigenvalue weighted by atomic mass is 32.2. The molecule has 1 aliphatic rings. The first kappa shape index (κ1) is 42.7. The van der Waals surface area contributed by atoms with Crippen LogP contribution in [0.4, 0.5) is 26.3 Å². The average molecular weight is 813 g/mol. The summed E-state index contributed by atoms with van der Waals surface area (Å²) >= 11 is 0.0267. The Hall–Kier alpha value is -3.46. The van der Waals surface area contributed by atoms with Gasteiger partial charge in [0, 0.05) is 5.41 Å². The summed E-state index contributed by atoms with van der Waals surface area (Å²) in [5, 5.41) is 1.83. The van der Waals surface area contributed by atoms with E-state index < -0.39 is 27.4 Å². The van der Waals surface area contributed by atoms with Gasteiger partial charge in [-0.15, -0.1) is 22.4 Å². The number of hydrogen-bond donors (Lipinski definition) is 0. The summed E-state index contributed by atoms with van der Waals surface area (Å²) in [5.74, 6) is -0.166. The minimum Gasteiger partial charge on any atom is -0.399 e. The van der Waals surface area contributed by atoms with Crippen molar-refractivity contribution < 1.29 is 52.3 Å². The molecule has 0 bridgehead atoms. The van der Waals surface area contributed by atoms with Crippen LogP contribution in [-0.4, -0.2) is 20.3 Å². The number of benzene rings is 4. The molecule has 0 atom stereocenters. The minimum atomic E-state index is -5.90. The van der Waals surface area contributed by atoms with E-state index in [1.54, 1.807) is 30.3 Å². The summed E-state index contributed by atoms with van der Waals surface area (Å²) in [6.07, 6.45) is 8.87. The van der Waals surface area contributed by atoms with Crippen molar-refractivity contribution in [3.05, 3.63) is 83.9 Å². The fourth-order valence-corrected chi connectivity index (χ4v) is 8.44. The van der Waals surface area contributed by atoms with E-state index in [4.69, 9.17) is 8.37 Å². The Morgan fingerprint density at radius 2 is 1.20 bits per heavy atom. The molecule has 300 valence electrons. The molecule has 55 heavy (non-hydrogen) atoms. The average Bonchev–Trinajstić information content (AvgIpc) is 3.40. The predicted molar refractivity (Wildman–Crippen MR) is 204 cm³/mol. The third kappa shape index (κ3) is 10.5. The van der Waals surface area contributed by atoms with Crippen LogP contribution < -0.4 is 8.37 Å². The van der Waals surface area contributed by atoms with Crippen LogP contribution in [0.25, 0.3) is 33.0 Å². The summed E-state index contributed by atoms with van der Waals surface area (Å²) in [4.78, 5) is 3.28. The van der Waals surface area contributed by atoms with E-state index >= 15 is 0 Å². The Labute approximate surface area is 323 Å². The molecular weight excluding hydrogens is 767 g/mol. The number of hydrogen-bond acceptors (Lipinski definition) is 7. The Morgan fingerprint density at radius 1 is 0.636 bits per heavy atom. The van der Waals surface area contributed by atoms with Crippen molar-refractivity contribution in [1.29, 1.82) is 0 Å². The topological polar surface area (TPSA) is 71.1 Å². The highest BCUT2D eigenvalue weighted by Crippen LogP contribution is 2.58. The van der Waals surface area contributed by atoms with Crippen LogP contribution >= 0.6 is 12.3 Å². The Balaban J connectivity index is 1.62. The molecule has 0 radical (unpaired) electrons. The lowest BCUT2D eigenvalue weighted by Crippen LogP contribution is -2.28. The molecule has 0 spiro atoms. The lowest BCUT2D eigenvalue weighted by Gasteiger charge is -2.33. The van der Waals surface area contributed by atoms with Gasteiger partial charge in [-0.25, -0.2) is 0 Å². The maximum atomic E-state index is 13.5. The van der Waals surface area contributed by atoms with E-state index in [0.717, 1.165) is 121 Å². The fraction of sp³-hybridized carbons (Fsp3) is 0.463. The van der Waals surface area contributed by atoms with Gasteiger partial charge in [0.05, 0.1) is 0 Å². The standard InChI is InChI=1S/C41H46F6O6S2/c1-3-5-7-9-11-15-25-39(26-16-12-10-8-6-4-2)36-27-31(51-55(48,49)41(45,46)47)23-24-34(36)38-33-18-14-13-17-32(33)35(28-37(38)39)29-19-21-30(22-20-29)50-54-53-52-40(42,43)44/h13-14,17-24,27-28H,3-12,15-16,25-26H2,1-2H3. The Kier molecular flexibility index (Phi) is 14.5. The number of rotatable bonds is 21. The van der Waals surface area contributed by atoms with E-state index in [1.165, 1.54) is 12.1 Å². The van der Waals surface area contributed by atoms with Gasteiger partial charge in [-0.05, 0) is 87.3 Å². The summed E-state index contributed by atoms with van der Waals surface area (Å²) in [7, 11) is -5.90. The zero-order valence-electron chi connectivity index (χ0n) is 30.9. The van der Waals surface area contributed by atoms with Crippen molar-refractivity contribution in [1.82, 2.24) is 0 Å². The lowest BCUT2D eigenvalue weighted by molar-refractivity contribution is -0.441. The molecule has 0 aromatic heterocycles. The molecule has 5 rings (SSSR count). The summed E-state index contributed by atoms with van der Waals surface area (Å²) in [6, 6.07) is 21.2. The van der Waals surface area contributed by atoms with Gasteiger partial charge in [-0.1, -0.05) is 133 Å². The monoisotopic (exact) mass is 812 g/mol. The summed E-state index contributed by atoms with van der Waals surface area (Å²) in [6.45, 7) is 4.31.